The number of thioether (sulfide) groups is 1. The second-order valence-electron chi connectivity index (χ2n) is 8.89. The number of hydrogen-bond donors (Lipinski definition) is 2. The Morgan fingerprint density at radius 1 is 0.972 bits per heavy atom. The van der Waals surface area contributed by atoms with E-state index in [9.17, 15) is 14.4 Å². The monoisotopic (exact) mass is 501 g/mol. The number of anilines is 1. The van der Waals surface area contributed by atoms with Crippen molar-refractivity contribution in [3.8, 4) is 0 Å². The van der Waals surface area contributed by atoms with Crippen LogP contribution in [0.2, 0.25) is 0 Å². The van der Waals surface area contributed by atoms with Gasteiger partial charge in [-0.3, -0.25) is 14.4 Å². The predicted octanol–water partition coefficient (Wildman–Crippen LogP) is 5.28. The van der Waals surface area contributed by atoms with Crippen molar-refractivity contribution < 1.29 is 14.4 Å². The molecule has 1 aliphatic rings. The first-order valence-electron chi connectivity index (χ1n) is 12.2. The van der Waals surface area contributed by atoms with Gasteiger partial charge in [-0.1, -0.05) is 61.5 Å². The maximum Gasteiger partial charge on any atom is 0.255 e. The van der Waals surface area contributed by atoms with E-state index in [4.69, 9.17) is 0 Å². The van der Waals surface area contributed by atoms with Crippen LogP contribution in [0.4, 0.5) is 5.69 Å². The summed E-state index contributed by atoms with van der Waals surface area (Å²) < 4.78 is 0. The summed E-state index contributed by atoms with van der Waals surface area (Å²) in [5.74, 6) is 0.0857. The van der Waals surface area contributed by atoms with Crippen LogP contribution < -0.4 is 10.6 Å². The molecular formula is C29H31N3O3S. The van der Waals surface area contributed by atoms with E-state index in [2.05, 4.69) is 22.8 Å². The van der Waals surface area contributed by atoms with Crippen molar-refractivity contribution in [2.24, 2.45) is 0 Å². The van der Waals surface area contributed by atoms with Gasteiger partial charge in [-0.2, -0.15) is 0 Å². The zero-order valence-corrected chi connectivity index (χ0v) is 21.4. The zero-order chi connectivity index (χ0) is 25.5. The maximum atomic E-state index is 13.0. The average molecular weight is 502 g/mol. The Bertz CT molecular complexity index is 1210. The van der Waals surface area contributed by atoms with Crippen LogP contribution in [0.3, 0.4) is 0 Å². The van der Waals surface area contributed by atoms with Gasteiger partial charge < -0.3 is 15.5 Å². The van der Waals surface area contributed by atoms with Crippen LogP contribution in [-0.2, 0) is 11.2 Å². The number of benzene rings is 3. The van der Waals surface area contributed by atoms with Gasteiger partial charge in [-0.25, -0.2) is 0 Å². The number of carbonyl (C=O) groups is 3. The molecule has 3 aromatic carbocycles. The third-order valence-corrected chi connectivity index (χ3v) is 7.58. The molecule has 0 aliphatic carbocycles. The Hall–Kier alpha value is -3.58. The Balaban J connectivity index is 1.43. The Morgan fingerprint density at radius 3 is 2.39 bits per heavy atom. The van der Waals surface area contributed by atoms with Crippen LogP contribution in [0.25, 0.3) is 0 Å². The number of rotatable bonds is 9. The largest absolute Gasteiger partial charge is 0.350 e. The van der Waals surface area contributed by atoms with Crippen molar-refractivity contribution >= 4 is 35.2 Å². The lowest BCUT2D eigenvalue weighted by molar-refractivity contribution is -0.128. The molecule has 0 radical (unpaired) electrons. The molecule has 3 amide bonds. The molecule has 0 saturated carbocycles. The summed E-state index contributed by atoms with van der Waals surface area (Å²) in [6.07, 6.45) is 1.62. The Labute approximate surface area is 216 Å². The van der Waals surface area contributed by atoms with Crippen LogP contribution in [0.15, 0.2) is 78.9 Å². The van der Waals surface area contributed by atoms with Crippen molar-refractivity contribution in [1.82, 2.24) is 10.2 Å². The van der Waals surface area contributed by atoms with Crippen molar-refractivity contribution in [3.05, 3.63) is 101 Å². The van der Waals surface area contributed by atoms with Crippen molar-refractivity contribution in [2.75, 3.05) is 17.6 Å². The smallest absolute Gasteiger partial charge is 0.255 e. The first-order valence-corrected chi connectivity index (χ1v) is 13.3. The van der Waals surface area contributed by atoms with E-state index < -0.39 is 0 Å². The molecule has 6 nitrogen and oxygen atoms in total. The molecule has 7 heteroatoms. The molecule has 4 rings (SSSR count). The van der Waals surface area contributed by atoms with Gasteiger partial charge >= 0.3 is 0 Å². The topological polar surface area (TPSA) is 78.5 Å². The normalized spacial score (nSPS) is 16.0. The van der Waals surface area contributed by atoms with Crippen LogP contribution in [0, 0.1) is 0 Å². The Morgan fingerprint density at radius 2 is 1.67 bits per heavy atom. The fourth-order valence-corrected chi connectivity index (χ4v) is 5.27. The molecule has 1 heterocycles. The second kappa shape index (κ2) is 11.9. The number of nitrogens with one attached hydrogen (secondary N) is 2. The highest BCUT2D eigenvalue weighted by atomic mass is 32.2. The van der Waals surface area contributed by atoms with Crippen LogP contribution in [-0.4, -0.2) is 41.0 Å². The number of amides is 3. The lowest BCUT2D eigenvalue weighted by atomic mass is 10.1. The highest BCUT2D eigenvalue weighted by Gasteiger charge is 2.32. The minimum absolute atomic E-state index is 0.0430. The lowest BCUT2D eigenvalue weighted by Crippen LogP contribution is -2.32. The van der Waals surface area contributed by atoms with Gasteiger partial charge in [0, 0.05) is 18.2 Å². The molecule has 3 aromatic rings. The van der Waals surface area contributed by atoms with E-state index in [1.54, 1.807) is 48.2 Å². The fraction of sp³-hybridized carbons (Fsp3) is 0.276. The molecule has 1 aliphatic heterocycles. The molecule has 1 fully saturated rings. The van der Waals surface area contributed by atoms with Gasteiger partial charge in [0.25, 0.3) is 11.8 Å². The minimum Gasteiger partial charge on any atom is -0.350 e. The maximum absolute atomic E-state index is 13.0. The predicted molar refractivity (Wildman–Crippen MR) is 145 cm³/mol. The molecular weight excluding hydrogens is 470 g/mol. The molecule has 0 aromatic heterocycles. The summed E-state index contributed by atoms with van der Waals surface area (Å²) in [7, 11) is 0. The summed E-state index contributed by atoms with van der Waals surface area (Å²) in [4.78, 5) is 40.1. The SMILES string of the molecule is CC[C@H](C)NC(=O)c1ccccc1NC(=O)c1ccc([C@@H]2SCC(=O)N2CCc2ccccc2)cc1. The third kappa shape index (κ3) is 6.15. The lowest BCUT2D eigenvalue weighted by Gasteiger charge is -2.24. The number of carbonyl (C=O) groups excluding carboxylic acids is 3. The first-order chi connectivity index (χ1) is 17.5. The molecule has 36 heavy (non-hydrogen) atoms. The molecule has 0 spiro atoms. The van der Waals surface area contributed by atoms with Crippen LogP contribution >= 0.6 is 11.8 Å². The fourth-order valence-electron chi connectivity index (χ4n) is 4.05. The van der Waals surface area contributed by atoms with Gasteiger partial charge in [0.05, 0.1) is 17.0 Å². The highest BCUT2D eigenvalue weighted by Crippen LogP contribution is 2.38. The number of hydrogen-bond acceptors (Lipinski definition) is 4. The van der Waals surface area contributed by atoms with E-state index >= 15 is 0 Å². The molecule has 0 bridgehead atoms. The molecule has 186 valence electrons. The summed E-state index contributed by atoms with van der Waals surface area (Å²) >= 11 is 1.61. The van der Waals surface area contributed by atoms with Gasteiger partial charge in [0.2, 0.25) is 5.91 Å². The first kappa shape index (κ1) is 25.5. The molecule has 2 N–H and O–H groups in total. The third-order valence-electron chi connectivity index (χ3n) is 6.32. The van der Waals surface area contributed by atoms with Crippen molar-refractivity contribution in [2.45, 2.75) is 38.1 Å². The van der Waals surface area contributed by atoms with Crippen LogP contribution in [0.5, 0.6) is 0 Å². The average Bonchev–Trinajstić information content (AvgIpc) is 3.28. The van der Waals surface area contributed by atoms with E-state index in [-0.39, 0.29) is 29.1 Å². The van der Waals surface area contributed by atoms with Crippen molar-refractivity contribution in [1.29, 1.82) is 0 Å². The van der Waals surface area contributed by atoms with Gasteiger partial charge in [0.15, 0.2) is 0 Å². The van der Waals surface area contributed by atoms with Gasteiger partial charge in [-0.15, -0.1) is 11.8 Å². The highest BCUT2D eigenvalue weighted by molar-refractivity contribution is 8.00. The molecule has 1 saturated heterocycles. The summed E-state index contributed by atoms with van der Waals surface area (Å²) in [6, 6.07) is 24.5. The van der Waals surface area contributed by atoms with Gasteiger partial charge in [-0.05, 0) is 55.2 Å². The number of nitrogens with zero attached hydrogens (tertiary/aromatic N) is 1. The Kier molecular flexibility index (Phi) is 8.44. The molecule has 0 unspecified atom stereocenters. The van der Waals surface area contributed by atoms with Gasteiger partial charge in [0.1, 0.15) is 5.37 Å². The summed E-state index contributed by atoms with van der Waals surface area (Å²) in [5, 5.41) is 5.75. The van der Waals surface area contributed by atoms with Crippen LogP contribution in [0.1, 0.15) is 57.5 Å². The quantitative estimate of drug-likeness (QED) is 0.418. The summed E-state index contributed by atoms with van der Waals surface area (Å²) in [5.41, 5.74) is 3.57. The van der Waals surface area contributed by atoms with E-state index in [1.807, 2.05) is 49.1 Å². The van der Waals surface area contributed by atoms with E-state index in [0.29, 0.717) is 29.1 Å². The minimum atomic E-state index is -0.290. The van der Waals surface area contributed by atoms with Crippen molar-refractivity contribution in [3.63, 3.8) is 0 Å². The van der Waals surface area contributed by atoms with E-state index in [1.165, 1.54) is 5.56 Å². The molecule has 2 atom stereocenters. The summed E-state index contributed by atoms with van der Waals surface area (Å²) in [6.45, 7) is 4.60. The zero-order valence-electron chi connectivity index (χ0n) is 20.6. The van der Waals surface area contributed by atoms with E-state index in [0.717, 1.165) is 18.4 Å². The standard InChI is InChI=1S/C29H31N3O3S/c1-3-20(2)30-28(35)24-11-7-8-12-25(24)31-27(34)22-13-15-23(16-14-22)29-32(26(33)19-36-29)18-17-21-9-5-4-6-10-21/h4-16,20,29H,3,17-19H2,1-2H3,(H,30,35)(H,31,34)/t20-,29-/m0/s1. The number of para-hydroxylation sites is 1. The second-order valence-corrected chi connectivity index (χ2v) is 9.96.